The van der Waals surface area contributed by atoms with Crippen molar-refractivity contribution < 1.29 is 13.9 Å². The van der Waals surface area contributed by atoms with Gasteiger partial charge in [-0.3, -0.25) is 4.79 Å². The van der Waals surface area contributed by atoms with E-state index < -0.39 is 0 Å². The number of likely N-dealkylation sites (N-methyl/N-ethyl adjacent to an activating group) is 1. The van der Waals surface area contributed by atoms with Crippen LogP contribution in [0.2, 0.25) is 0 Å². The van der Waals surface area contributed by atoms with Gasteiger partial charge >= 0.3 is 5.97 Å². The molecule has 0 aliphatic carbocycles. The molecule has 0 amide bonds. The Morgan fingerprint density at radius 3 is 2.65 bits per heavy atom. The minimum atomic E-state index is -0.280. The summed E-state index contributed by atoms with van der Waals surface area (Å²) in [6.45, 7) is 1.33. The largest absolute Gasteiger partial charge is 0.472 e. The normalized spacial score (nSPS) is 12.3. The third-order valence-corrected chi connectivity index (χ3v) is 3.21. The Bertz CT molecular complexity index is 522. The Morgan fingerprint density at radius 1 is 1.30 bits per heavy atom. The zero-order chi connectivity index (χ0) is 14.4. The van der Waals surface area contributed by atoms with Gasteiger partial charge in [0.15, 0.2) is 0 Å². The van der Waals surface area contributed by atoms with Crippen LogP contribution in [0.3, 0.4) is 0 Å². The van der Waals surface area contributed by atoms with E-state index in [4.69, 9.17) is 9.15 Å². The van der Waals surface area contributed by atoms with Gasteiger partial charge in [-0.15, -0.1) is 0 Å². The number of hydrogen-bond donors (Lipinski definition) is 0. The van der Waals surface area contributed by atoms with Gasteiger partial charge in [0, 0.05) is 18.7 Å². The SMILES string of the molecule is COC(=O)C(CN(C)Cc1ccoc1)c1ccccc1. The van der Waals surface area contributed by atoms with E-state index >= 15 is 0 Å². The summed E-state index contributed by atoms with van der Waals surface area (Å²) in [6, 6.07) is 11.6. The predicted molar refractivity (Wildman–Crippen MR) is 76.2 cm³/mol. The molecule has 106 valence electrons. The summed E-state index contributed by atoms with van der Waals surface area (Å²) in [6.07, 6.45) is 3.37. The molecule has 0 spiro atoms. The number of carbonyl (C=O) groups is 1. The quantitative estimate of drug-likeness (QED) is 0.759. The van der Waals surface area contributed by atoms with E-state index in [1.165, 1.54) is 7.11 Å². The first kappa shape index (κ1) is 14.3. The van der Waals surface area contributed by atoms with Crippen LogP contribution in [-0.4, -0.2) is 31.6 Å². The zero-order valence-corrected chi connectivity index (χ0v) is 11.8. The number of benzene rings is 1. The summed E-state index contributed by atoms with van der Waals surface area (Å²) in [7, 11) is 3.40. The lowest BCUT2D eigenvalue weighted by molar-refractivity contribution is -0.142. The highest BCUT2D eigenvalue weighted by atomic mass is 16.5. The molecule has 1 aromatic heterocycles. The van der Waals surface area contributed by atoms with Gasteiger partial charge in [-0.05, 0) is 18.7 Å². The standard InChI is InChI=1S/C16H19NO3/c1-17(10-13-8-9-20-12-13)11-15(16(18)19-2)14-6-4-3-5-7-14/h3-9,12,15H,10-11H2,1-2H3. The topological polar surface area (TPSA) is 42.7 Å². The molecular weight excluding hydrogens is 254 g/mol. The molecule has 4 heteroatoms. The summed E-state index contributed by atoms with van der Waals surface area (Å²) >= 11 is 0. The molecule has 20 heavy (non-hydrogen) atoms. The second kappa shape index (κ2) is 6.91. The average Bonchev–Trinajstić information content (AvgIpc) is 2.97. The third kappa shape index (κ3) is 3.71. The van der Waals surface area contributed by atoms with Crippen LogP contribution in [0.5, 0.6) is 0 Å². The number of carbonyl (C=O) groups excluding carboxylic acids is 1. The molecule has 1 heterocycles. The highest BCUT2D eigenvalue weighted by molar-refractivity contribution is 5.78. The van der Waals surface area contributed by atoms with E-state index in [0.717, 1.165) is 17.7 Å². The monoisotopic (exact) mass is 273 g/mol. The van der Waals surface area contributed by atoms with E-state index in [1.807, 2.05) is 43.4 Å². The second-order valence-corrected chi connectivity index (χ2v) is 4.81. The maximum absolute atomic E-state index is 12.0. The highest BCUT2D eigenvalue weighted by Crippen LogP contribution is 2.19. The van der Waals surface area contributed by atoms with Gasteiger partial charge < -0.3 is 14.1 Å². The fourth-order valence-corrected chi connectivity index (χ4v) is 2.21. The van der Waals surface area contributed by atoms with Crippen molar-refractivity contribution in [3.05, 3.63) is 60.1 Å². The van der Waals surface area contributed by atoms with E-state index in [9.17, 15) is 4.79 Å². The molecule has 4 nitrogen and oxygen atoms in total. The van der Waals surface area contributed by atoms with E-state index in [2.05, 4.69) is 4.90 Å². The van der Waals surface area contributed by atoms with E-state index in [1.54, 1.807) is 12.5 Å². The maximum atomic E-state index is 12.0. The lowest BCUT2D eigenvalue weighted by atomic mass is 9.98. The lowest BCUT2D eigenvalue weighted by Gasteiger charge is -2.22. The first-order chi connectivity index (χ1) is 9.70. The average molecular weight is 273 g/mol. The molecule has 0 radical (unpaired) electrons. The molecule has 2 rings (SSSR count). The number of rotatable bonds is 6. The number of nitrogens with zero attached hydrogens (tertiary/aromatic N) is 1. The fraction of sp³-hybridized carbons (Fsp3) is 0.312. The van der Waals surface area contributed by atoms with Crippen LogP contribution in [0, 0.1) is 0 Å². The van der Waals surface area contributed by atoms with Gasteiger partial charge in [-0.25, -0.2) is 0 Å². The number of furan rings is 1. The first-order valence-electron chi connectivity index (χ1n) is 6.53. The summed E-state index contributed by atoms with van der Waals surface area (Å²) in [5.74, 6) is -0.492. The summed E-state index contributed by atoms with van der Waals surface area (Å²) < 4.78 is 9.97. The van der Waals surface area contributed by atoms with Gasteiger partial charge in [0.2, 0.25) is 0 Å². The molecule has 1 atom stereocenters. The molecular formula is C16H19NO3. The van der Waals surface area contributed by atoms with Crippen LogP contribution >= 0.6 is 0 Å². The van der Waals surface area contributed by atoms with E-state index in [-0.39, 0.29) is 11.9 Å². The Labute approximate surface area is 119 Å². The Kier molecular flexibility index (Phi) is 4.96. The van der Waals surface area contributed by atoms with Crippen molar-refractivity contribution in [3.63, 3.8) is 0 Å². The van der Waals surface area contributed by atoms with Crippen molar-refractivity contribution in [2.45, 2.75) is 12.5 Å². The van der Waals surface area contributed by atoms with Crippen molar-refractivity contribution >= 4 is 5.97 Å². The Hall–Kier alpha value is -2.07. The summed E-state index contributed by atoms with van der Waals surface area (Å²) in [5, 5.41) is 0. The number of esters is 1. The minimum Gasteiger partial charge on any atom is -0.472 e. The van der Waals surface area contributed by atoms with Crippen molar-refractivity contribution in [2.75, 3.05) is 20.7 Å². The maximum Gasteiger partial charge on any atom is 0.314 e. The number of hydrogen-bond acceptors (Lipinski definition) is 4. The van der Waals surface area contributed by atoms with Crippen LogP contribution in [0.15, 0.2) is 53.3 Å². The Morgan fingerprint density at radius 2 is 2.05 bits per heavy atom. The van der Waals surface area contributed by atoms with Crippen molar-refractivity contribution in [1.29, 1.82) is 0 Å². The van der Waals surface area contributed by atoms with E-state index in [0.29, 0.717) is 6.54 Å². The summed E-state index contributed by atoms with van der Waals surface area (Å²) in [4.78, 5) is 14.1. The number of ether oxygens (including phenoxy) is 1. The van der Waals surface area contributed by atoms with Gasteiger partial charge in [-0.2, -0.15) is 0 Å². The van der Waals surface area contributed by atoms with Crippen LogP contribution < -0.4 is 0 Å². The molecule has 0 N–H and O–H groups in total. The molecule has 0 saturated heterocycles. The third-order valence-electron chi connectivity index (χ3n) is 3.21. The van der Waals surface area contributed by atoms with Crippen LogP contribution in [-0.2, 0) is 16.1 Å². The van der Waals surface area contributed by atoms with Gasteiger partial charge in [0.1, 0.15) is 0 Å². The van der Waals surface area contributed by atoms with Gasteiger partial charge in [-0.1, -0.05) is 30.3 Å². The van der Waals surface area contributed by atoms with Gasteiger partial charge in [0.25, 0.3) is 0 Å². The molecule has 2 aromatic rings. The molecule has 0 aliphatic rings. The second-order valence-electron chi connectivity index (χ2n) is 4.81. The molecule has 0 aliphatic heterocycles. The molecule has 0 bridgehead atoms. The zero-order valence-electron chi connectivity index (χ0n) is 11.8. The predicted octanol–water partition coefficient (Wildman–Crippen LogP) is 2.67. The minimum absolute atomic E-state index is 0.213. The molecule has 1 unspecified atom stereocenters. The lowest BCUT2D eigenvalue weighted by Crippen LogP contribution is -2.29. The smallest absolute Gasteiger partial charge is 0.314 e. The van der Waals surface area contributed by atoms with Crippen molar-refractivity contribution in [2.24, 2.45) is 0 Å². The molecule has 0 fully saturated rings. The summed E-state index contributed by atoms with van der Waals surface area (Å²) in [5.41, 5.74) is 2.06. The fourth-order valence-electron chi connectivity index (χ4n) is 2.21. The molecule has 1 aromatic carbocycles. The first-order valence-corrected chi connectivity index (χ1v) is 6.53. The number of methoxy groups -OCH3 is 1. The van der Waals surface area contributed by atoms with Crippen LogP contribution in [0.1, 0.15) is 17.0 Å². The van der Waals surface area contributed by atoms with Crippen LogP contribution in [0.25, 0.3) is 0 Å². The van der Waals surface area contributed by atoms with Crippen molar-refractivity contribution in [1.82, 2.24) is 4.90 Å². The Balaban J connectivity index is 2.06. The van der Waals surface area contributed by atoms with Crippen molar-refractivity contribution in [3.8, 4) is 0 Å². The van der Waals surface area contributed by atoms with Gasteiger partial charge in [0.05, 0.1) is 25.6 Å². The van der Waals surface area contributed by atoms with Crippen LogP contribution in [0.4, 0.5) is 0 Å². The highest BCUT2D eigenvalue weighted by Gasteiger charge is 2.23. The molecule has 0 saturated carbocycles.